The van der Waals surface area contributed by atoms with E-state index in [0.717, 1.165) is 6.07 Å². The van der Waals surface area contributed by atoms with Crippen molar-refractivity contribution in [3.8, 4) is 0 Å². The summed E-state index contributed by atoms with van der Waals surface area (Å²) in [5, 5.41) is 8.64. The molecule has 18 heavy (non-hydrogen) atoms. The second kappa shape index (κ2) is 4.91. The third-order valence-electron chi connectivity index (χ3n) is 2.56. The Balaban J connectivity index is 2.79. The number of H-pyrrole nitrogens is 1. The zero-order chi connectivity index (χ0) is 13.3. The second-order valence-corrected chi connectivity index (χ2v) is 4.18. The highest BCUT2D eigenvalue weighted by Crippen LogP contribution is 2.20. The number of aliphatic hydroxyl groups excluding tert-OH is 1. The molecule has 0 aliphatic rings. The normalized spacial score (nSPS) is 11.1. The van der Waals surface area contributed by atoms with E-state index >= 15 is 0 Å². The van der Waals surface area contributed by atoms with Crippen LogP contribution in [0.25, 0.3) is 11.0 Å². The highest BCUT2D eigenvalue weighted by atomic mass is 35.5. The van der Waals surface area contributed by atoms with E-state index in [1.807, 2.05) is 0 Å². The lowest BCUT2D eigenvalue weighted by Gasteiger charge is -2.09. The molecule has 0 spiro atoms. The Hall–Kier alpha value is -1.66. The first kappa shape index (κ1) is 12.8. The van der Waals surface area contributed by atoms with Crippen LogP contribution in [0.3, 0.4) is 0 Å². The molecule has 2 N–H and O–H groups in total. The van der Waals surface area contributed by atoms with Crippen LogP contribution in [-0.4, -0.2) is 21.3 Å². The fraction of sp³-hybridized carbons (Fsp3) is 0.273. The number of benzene rings is 1. The number of aromatic amines is 1. The second-order valence-electron chi connectivity index (χ2n) is 3.77. The molecule has 7 heteroatoms. The topological polar surface area (TPSA) is 75.1 Å². The molecule has 0 aliphatic carbocycles. The van der Waals surface area contributed by atoms with E-state index in [2.05, 4.69) is 4.98 Å². The molecule has 5 nitrogen and oxygen atoms in total. The van der Waals surface area contributed by atoms with Gasteiger partial charge in [-0.3, -0.25) is 9.59 Å². The fourth-order valence-electron chi connectivity index (χ4n) is 1.72. The third kappa shape index (κ3) is 2.16. The average Bonchev–Trinajstić information content (AvgIpc) is 2.33. The molecule has 0 saturated carbocycles. The van der Waals surface area contributed by atoms with Crippen molar-refractivity contribution in [2.75, 3.05) is 6.61 Å². The summed E-state index contributed by atoms with van der Waals surface area (Å²) in [5.41, 5.74) is -1.06. The van der Waals surface area contributed by atoms with Crippen LogP contribution in [0.1, 0.15) is 6.42 Å². The minimum atomic E-state index is -0.831. The standard InChI is InChI=1S/C11H10ClFN2O3/c12-6-4-9-8(5-7(6)13)14-10(17)11(18)15(9)2-1-3-16/h4-5,16H,1-3H2,(H,14,17). The fourth-order valence-corrected chi connectivity index (χ4v) is 1.88. The summed E-state index contributed by atoms with van der Waals surface area (Å²) in [6.45, 7) is 0.0490. The Labute approximate surface area is 105 Å². The number of rotatable bonds is 3. The quantitative estimate of drug-likeness (QED) is 0.814. The van der Waals surface area contributed by atoms with Crippen LogP contribution < -0.4 is 11.1 Å². The molecule has 1 aromatic carbocycles. The molecular formula is C11H10ClFN2O3. The Bertz CT molecular complexity index is 708. The third-order valence-corrected chi connectivity index (χ3v) is 2.85. The summed E-state index contributed by atoms with van der Waals surface area (Å²) in [4.78, 5) is 25.4. The van der Waals surface area contributed by atoms with Gasteiger partial charge in [-0.2, -0.15) is 0 Å². The highest BCUT2D eigenvalue weighted by Gasteiger charge is 2.10. The van der Waals surface area contributed by atoms with Crippen LogP contribution in [0.2, 0.25) is 5.02 Å². The number of nitrogens with zero attached hydrogens (tertiary/aromatic N) is 1. The molecule has 1 aromatic heterocycles. The van der Waals surface area contributed by atoms with Crippen molar-refractivity contribution >= 4 is 22.6 Å². The van der Waals surface area contributed by atoms with E-state index in [-0.39, 0.29) is 23.7 Å². The maximum Gasteiger partial charge on any atom is 0.316 e. The summed E-state index contributed by atoms with van der Waals surface area (Å²) in [6.07, 6.45) is 0.313. The van der Waals surface area contributed by atoms with Crippen molar-refractivity contribution in [1.29, 1.82) is 0 Å². The SMILES string of the molecule is O=c1[nH]c2cc(F)c(Cl)cc2n(CCCO)c1=O. The van der Waals surface area contributed by atoms with Gasteiger partial charge >= 0.3 is 11.1 Å². The number of fused-ring (bicyclic) bond motifs is 1. The number of nitrogens with one attached hydrogen (secondary N) is 1. The maximum atomic E-state index is 13.3. The summed E-state index contributed by atoms with van der Waals surface area (Å²) < 4.78 is 14.5. The van der Waals surface area contributed by atoms with E-state index < -0.39 is 16.9 Å². The zero-order valence-electron chi connectivity index (χ0n) is 9.24. The average molecular weight is 273 g/mol. The molecule has 2 aromatic rings. The minimum Gasteiger partial charge on any atom is -0.396 e. The van der Waals surface area contributed by atoms with Crippen molar-refractivity contribution < 1.29 is 9.50 Å². The van der Waals surface area contributed by atoms with Crippen molar-refractivity contribution in [3.63, 3.8) is 0 Å². The summed E-state index contributed by atoms with van der Waals surface area (Å²) in [6, 6.07) is 2.34. The number of halogens is 2. The molecule has 0 saturated heterocycles. The van der Waals surface area contributed by atoms with Crippen LogP contribution in [0, 0.1) is 5.82 Å². The summed E-state index contributed by atoms with van der Waals surface area (Å²) in [7, 11) is 0. The Morgan fingerprint density at radius 2 is 2.11 bits per heavy atom. The molecule has 0 amide bonds. The van der Waals surface area contributed by atoms with E-state index in [0.29, 0.717) is 11.9 Å². The molecule has 0 aliphatic heterocycles. The largest absolute Gasteiger partial charge is 0.396 e. The Morgan fingerprint density at radius 3 is 2.78 bits per heavy atom. The van der Waals surface area contributed by atoms with Gasteiger partial charge in [-0.05, 0) is 12.5 Å². The lowest BCUT2D eigenvalue weighted by molar-refractivity contribution is 0.280. The lowest BCUT2D eigenvalue weighted by Crippen LogP contribution is -2.36. The van der Waals surface area contributed by atoms with Gasteiger partial charge in [0.2, 0.25) is 0 Å². The molecule has 2 rings (SSSR count). The number of hydrogen-bond donors (Lipinski definition) is 2. The van der Waals surface area contributed by atoms with Gasteiger partial charge in [0, 0.05) is 19.2 Å². The number of aromatic nitrogens is 2. The summed E-state index contributed by atoms with van der Waals surface area (Å²) >= 11 is 5.65. The molecular weight excluding hydrogens is 263 g/mol. The van der Waals surface area contributed by atoms with Gasteiger partial charge in [-0.1, -0.05) is 11.6 Å². The van der Waals surface area contributed by atoms with Crippen LogP contribution >= 0.6 is 11.6 Å². The first-order valence-corrected chi connectivity index (χ1v) is 5.65. The number of hydrogen-bond acceptors (Lipinski definition) is 3. The number of aliphatic hydroxyl groups is 1. The molecule has 1 heterocycles. The van der Waals surface area contributed by atoms with Gasteiger partial charge in [0.05, 0.1) is 16.1 Å². The van der Waals surface area contributed by atoms with Crippen molar-refractivity contribution in [2.45, 2.75) is 13.0 Å². The van der Waals surface area contributed by atoms with Crippen LogP contribution in [0.5, 0.6) is 0 Å². The van der Waals surface area contributed by atoms with Crippen LogP contribution in [0.15, 0.2) is 21.7 Å². The van der Waals surface area contributed by atoms with Gasteiger partial charge in [0.1, 0.15) is 5.82 Å². The van der Waals surface area contributed by atoms with Gasteiger partial charge in [0.15, 0.2) is 0 Å². The molecule has 0 atom stereocenters. The highest BCUT2D eigenvalue weighted by molar-refractivity contribution is 6.31. The first-order valence-electron chi connectivity index (χ1n) is 5.27. The lowest BCUT2D eigenvalue weighted by atomic mass is 10.2. The molecule has 0 unspecified atom stereocenters. The van der Waals surface area contributed by atoms with Crippen molar-refractivity contribution in [2.24, 2.45) is 0 Å². The van der Waals surface area contributed by atoms with E-state index in [9.17, 15) is 14.0 Å². The zero-order valence-corrected chi connectivity index (χ0v) is 10.00. The Morgan fingerprint density at radius 1 is 1.39 bits per heavy atom. The van der Waals surface area contributed by atoms with E-state index in [1.165, 1.54) is 10.6 Å². The van der Waals surface area contributed by atoms with Crippen molar-refractivity contribution in [1.82, 2.24) is 9.55 Å². The molecule has 0 radical (unpaired) electrons. The number of aryl methyl sites for hydroxylation is 1. The van der Waals surface area contributed by atoms with E-state index in [4.69, 9.17) is 16.7 Å². The first-order chi connectivity index (χ1) is 8.54. The van der Waals surface area contributed by atoms with Crippen LogP contribution in [-0.2, 0) is 6.54 Å². The van der Waals surface area contributed by atoms with E-state index in [1.54, 1.807) is 0 Å². The molecule has 0 bridgehead atoms. The molecule has 96 valence electrons. The van der Waals surface area contributed by atoms with Gasteiger partial charge in [0.25, 0.3) is 0 Å². The van der Waals surface area contributed by atoms with Crippen LogP contribution in [0.4, 0.5) is 4.39 Å². The van der Waals surface area contributed by atoms with Gasteiger partial charge < -0.3 is 14.7 Å². The maximum absolute atomic E-state index is 13.3. The minimum absolute atomic E-state index is 0.115. The van der Waals surface area contributed by atoms with Crippen molar-refractivity contribution in [3.05, 3.63) is 43.7 Å². The monoisotopic (exact) mass is 272 g/mol. The van der Waals surface area contributed by atoms with Gasteiger partial charge in [-0.25, -0.2) is 4.39 Å². The van der Waals surface area contributed by atoms with Gasteiger partial charge in [-0.15, -0.1) is 0 Å². The predicted molar refractivity (Wildman–Crippen MR) is 65.5 cm³/mol. The smallest absolute Gasteiger partial charge is 0.316 e. The Kier molecular flexibility index (Phi) is 3.49. The predicted octanol–water partition coefficient (Wildman–Crippen LogP) is 0.865. The summed E-state index contributed by atoms with van der Waals surface area (Å²) in [5.74, 6) is -0.674. The molecule has 0 fully saturated rings.